The summed E-state index contributed by atoms with van der Waals surface area (Å²) in [5.74, 6) is 0.950. The Morgan fingerprint density at radius 1 is 1.33 bits per heavy atom. The second-order valence-electron chi connectivity index (χ2n) is 5.86. The van der Waals surface area contributed by atoms with E-state index in [1.165, 1.54) is 13.4 Å². The Morgan fingerprint density at radius 2 is 2.15 bits per heavy atom. The second kappa shape index (κ2) is 7.81. The molecule has 0 aliphatic rings. The van der Waals surface area contributed by atoms with Gasteiger partial charge in [-0.1, -0.05) is 12.1 Å². The maximum absolute atomic E-state index is 12.7. The van der Waals surface area contributed by atoms with Crippen LogP contribution in [0.4, 0.5) is 5.95 Å². The number of nitrogen functional groups attached to an aromatic ring is 1. The van der Waals surface area contributed by atoms with Gasteiger partial charge in [0.1, 0.15) is 12.2 Å². The van der Waals surface area contributed by atoms with Crippen molar-refractivity contribution in [3.63, 3.8) is 0 Å². The number of hydrogen-bond acceptors (Lipinski definition) is 7. The average molecular weight is 367 g/mol. The molecule has 0 saturated carbocycles. The van der Waals surface area contributed by atoms with Crippen LogP contribution in [0.25, 0.3) is 11.3 Å². The zero-order chi connectivity index (χ0) is 19.4. The van der Waals surface area contributed by atoms with Gasteiger partial charge in [-0.3, -0.25) is 4.79 Å². The molecule has 1 atom stereocenters. The minimum atomic E-state index is -0.279. The van der Waals surface area contributed by atoms with Crippen LogP contribution in [0.1, 0.15) is 36.1 Å². The van der Waals surface area contributed by atoms with Crippen LogP contribution in [0.2, 0.25) is 0 Å². The van der Waals surface area contributed by atoms with Crippen molar-refractivity contribution in [2.75, 3.05) is 12.8 Å². The highest BCUT2D eigenvalue weighted by Crippen LogP contribution is 2.23. The minimum absolute atomic E-state index is 0.103. The lowest BCUT2D eigenvalue weighted by Gasteiger charge is -2.14. The molecule has 2 heterocycles. The van der Waals surface area contributed by atoms with Crippen LogP contribution >= 0.6 is 0 Å². The van der Waals surface area contributed by atoms with Crippen molar-refractivity contribution in [3.05, 3.63) is 48.0 Å². The molecule has 3 aromatic rings. The number of methoxy groups -OCH3 is 1. The van der Waals surface area contributed by atoms with Crippen molar-refractivity contribution in [3.8, 4) is 17.1 Å². The number of benzene rings is 1. The second-order valence-corrected chi connectivity index (χ2v) is 5.86. The molecular formula is C18H21N7O2. The van der Waals surface area contributed by atoms with Crippen molar-refractivity contribution in [1.82, 2.24) is 30.0 Å². The van der Waals surface area contributed by atoms with E-state index in [1.54, 1.807) is 28.9 Å². The molecule has 0 bridgehead atoms. The highest BCUT2D eigenvalue weighted by atomic mass is 16.5. The van der Waals surface area contributed by atoms with Gasteiger partial charge < -0.3 is 15.8 Å². The number of nitrogens with two attached hydrogens (primary N) is 1. The summed E-state index contributed by atoms with van der Waals surface area (Å²) in [6, 6.07) is 8.49. The molecule has 0 saturated heterocycles. The summed E-state index contributed by atoms with van der Waals surface area (Å²) in [6.45, 7) is 4.52. The number of rotatable bonds is 6. The number of hydrogen-bond donors (Lipinski definition) is 2. The van der Waals surface area contributed by atoms with Gasteiger partial charge in [0.05, 0.1) is 18.8 Å². The smallest absolute Gasteiger partial charge is 0.251 e. The number of aryl methyl sites for hydroxylation is 1. The fraction of sp³-hybridized carbons (Fsp3) is 0.278. The molecule has 2 aromatic heterocycles. The Bertz CT molecular complexity index is 954. The van der Waals surface area contributed by atoms with E-state index in [0.29, 0.717) is 29.5 Å². The number of ether oxygens (including phenoxy) is 1. The minimum Gasteiger partial charge on any atom is -0.481 e. The molecule has 1 unspecified atom stereocenters. The summed E-state index contributed by atoms with van der Waals surface area (Å²) < 4.78 is 6.87. The lowest BCUT2D eigenvalue weighted by molar-refractivity contribution is 0.0937. The number of anilines is 1. The summed E-state index contributed by atoms with van der Waals surface area (Å²) in [4.78, 5) is 25.1. The SMILES string of the molecule is CCn1ncnc1C(C)NC(=O)c1cccc(-c2cc(OC)nc(N)n2)c1. The van der Waals surface area contributed by atoms with Crippen molar-refractivity contribution < 1.29 is 9.53 Å². The number of nitrogens with zero attached hydrogens (tertiary/aromatic N) is 5. The van der Waals surface area contributed by atoms with Crippen molar-refractivity contribution in [2.45, 2.75) is 26.4 Å². The van der Waals surface area contributed by atoms with E-state index in [0.717, 1.165) is 5.56 Å². The summed E-state index contributed by atoms with van der Waals surface area (Å²) in [5.41, 5.74) is 7.53. The van der Waals surface area contributed by atoms with Gasteiger partial charge in [-0.2, -0.15) is 10.1 Å². The molecule has 140 valence electrons. The Balaban J connectivity index is 1.83. The highest BCUT2D eigenvalue weighted by Gasteiger charge is 2.17. The third-order valence-electron chi connectivity index (χ3n) is 4.03. The Labute approximate surface area is 156 Å². The average Bonchev–Trinajstić information content (AvgIpc) is 3.16. The highest BCUT2D eigenvalue weighted by molar-refractivity contribution is 5.95. The lowest BCUT2D eigenvalue weighted by Crippen LogP contribution is -2.28. The number of nitrogens with one attached hydrogen (secondary N) is 1. The molecule has 0 fully saturated rings. The van der Waals surface area contributed by atoms with Crippen LogP contribution in [0.3, 0.4) is 0 Å². The first-order valence-electron chi connectivity index (χ1n) is 8.49. The molecule has 27 heavy (non-hydrogen) atoms. The monoisotopic (exact) mass is 367 g/mol. The van der Waals surface area contributed by atoms with E-state index in [-0.39, 0.29) is 17.9 Å². The summed E-state index contributed by atoms with van der Waals surface area (Å²) in [7, 11) is 1.51. The van der Waals surface area contributed by atoms with Gasteiger partial charge in [-0.05, 0) is 26.0 Å². The van der Waals surface area contributed by atoms with Crippen molar-refractivity contribution >= 4 is 11.9 Å². The van der Waals surface area contributed by atoms with E-state index in [9.17, 15) is 4.79 Å². The van der Waals surface area contributed by atoms with E-state index in [1.807, 2.05) is 19.9 Å². The Morgan fingerprint density at radius 3 is 2.89 bits per heavy atom. The predicted molar refractivity (Wildman–Crippen MR) is 100 cm³/mol. The maximum Gasteiger partial charge on any atom is 0.251 e. The van der Waals surface area contributed by atoms with Crippen LogP contribution in [0.15, 0.2) is 36.7 Å². The van der Waals surface area contributed by atoms with Crippen molar-refractivity contribution in [2.24, 2.45) is 0 Å². The van der Waals surface area contributed by atoms with Crippen LogP contribution in [0.5, 0.6) is 5.88 Å². The lowest BCUT2D eigenvalue weighted by atomic mass is 10.1. The number of carbonyl (C=O) groups excluding carboxylic acids is 1. The van der Waals surface area contributed by atoms with Gasteiger partial charge in [0.15, 0.2) is 0 Å². The number of amides is 1. The number of carbonyl (C=O) groups is 1. The molecular weight excluding hydrogens is 346 g/mol. The zero-order valence-corrected chi connectivity index (χ0v) is 15.4. The molecule has 9 heteroatoms. The van der Waals surface area contributed by atoms with Gasteiger partial charge in [-0.25, -0.2) is 14.6 Å². The normalized spacial score (nSPS) is 11.8. The maximum atomic E-state index is 12.7. The topological polar surface area (TPSA) is 121 Å². The Kier molecular flexibility index (Phi) is 5.30. The van der Waals surface area contributed by atoms with Crippen molar-refractivity contribution in [1.29, 1.82) is 0 Å². The van der Waals surface area contributed by atoms with Crippen LogP contribution in [0, 0.1) is 0 Å². The molecule has 3 rings (SSSR count). The van der Waals surface area contributed by atoms with Crippen LogP contribution in [-0.2, 0) is 6.54 Å². The molecule has 9 nitrogen and oxygen atoms in total. The number of aromatic nitrogens is 5. The molecule has 1 aromatic carbocycles. The van der Waals surface area contributed by atoms with E-state index in [2.05, 4.69) is 25.4 Å². The molecule has 3 N–H and O–H groups in total. The molecule has 0 spiro atoms. The Hall–Kier alpha value is -3.49. The molecule has 0 radical (unpaired) electrons. The van der Waals surface area contributed by atoms with E-state index in [4.69, 9.17) is 10.5 Å². The van der Waals surface area contributed by atoms with Gasteiger partial charge in [0.25, 0.3) is 5.91 Å². The predicted octanol–water partition coefficient (Wildman–Crippen LogP) is 1.84. The first-order chi connectivity index (χ1) is 13.0. The van der Waals surface area contributed by atoms with Crippen LogP contribution < -0.4 is 15.8 Å². The van der Waals surface area contributed by atoms with Gasteiger partial charge >= 0.3 is 0 Å². The summed E-state index contributed by atoms with van der Waals surface area (Å²) in [5, 5.41) is 7.07. The molecule has 1 amide bonds. The molecule has 0 aliphatic heterocycles. The zero-order valence-electron chi connectivity index (χ0n) is 15.4. The summed E-state index contributed by atoms with van der Waals surface area (Å²) >= 11 is 0. The van der Waals surface area contributed by atoms with Gasteiger partial charge in [0, 0.05) is 23.7 Å². The fourth-order valence-electron chi connectivity index (χ4n) is 2.71. The first-order valence-corrected chi connectivity index (χ1v) is 8.49. The third kappa shape index (κ3) is 4.02. The molecule has 0 aliphatic carbocycles. The van der Waals surface area contributed by atoms with E-state index < -0.39 is 0 Å². The van der Waals surface area contributed by atoms with E-state index >= 15 is 0 Å². The third-order valence-corrected chi connectivity index (χ3v) is 4.03. The van der Waals surface area contributed by atoms with Crippen LogP contribution in [-0.4, -0.2) is 37.7 Å². The van der Waals surface area contributed by atoms with Gasteiger partial charge in [-0.15, -0.1) is 0 Å². The quantitative estimate of drug-likeness (QED) is 0.682. The standard InChI is InChI=1S/C18H21N7O2/c1-4-25-16(20-10-21-25)11(2)22-17(26)13-7-5-6-12(8-13)14-9-15(27-3)24-18(19)23-14/h5-11H,4H2,1-3H3,(H,22,26)(H2,19,23,24). The first kappa shape index (κ1) is 18.3. The van der Waals surface area contributed by atoms with Gasteiger partial charge in [0.2, 0.25) is 11.8 Å². The fourth-order valence-corrected chi connectivity index (χ4v) is 2.71. The largest absolute Gasteiger partial charge is 0.481 e. The summed E-state index contributed by atoms with van der Waals surface area (Å²) in [6.07, 6.45) is 1.48.